The van der Waals surface area contributed by atoms with Crippen molar-refractivity contribution >= 4 is 35.0 Å². The summed E-state index contributed by atoms with van der Waals surface area (Å²) in [6.45, 7) is 4.05. The molecule has 1 N–H and O–H groups in total. The first-order valence-electron chi connectivity index (χ1n) is 13.3. The smallest absolute Gasteiger partial charge is 0.426 e. The van der Waals surface area contributed by atoms with Crippen molar-refractivity contribution in [2.75, 3.05) is 24.5 Å². The average molecular weight is 623 g/mol. The molecular weight excluding hydrogens is 592 g/mol. The minimum Gasteiger partial charge on any atom is -0.485 e. The van der Waals surface area contributed by atoms with E-state index in [0.29, 0.717) is 28.9 Å². The topological polar surface area (TPSA) is 96.4 Å². The van der Waals surface area contributed by atoms with Crippen molar-refractivity contribution in [2.45, 2.75) is 52.0 Å². The molecule has 0 spiro atoms. The fraction of sp³-hybridized carbons (Fsp3) is 0.367. The Balaban J connectivity index is 1.49. The summed E-state index contributed by atoms with van der Waals surface area (Å²) in [6.07, 6.45) is -5.49. The summed E-state index contributed by atoms with van der Waals surface area (Å²) in [6, 6.07) is 12.0. The standard InChI is InChI=1S/C30H30F4N2O6S/c1-29(2,3)42-28(40)35(11-10-26(38)39)16-25(37)36-12-9-19-13-24(22(31)15-23(19)36)41-17-20-14-21(18-7-5-4-6-8-18)27(43-20)30(32,33)34/h4-8,13-15H,9-12,16-17H2,1-3H3,(H,38,39). The lowest BCUT2D eigenvalue weighted by Crippen LogP contribution is -2.45. The molecule has 0 bridgehead atoms. The van der Waals surface area contributed by atoms with Crippen molar-refractivity contribution in [1.82, 2.24) is 4.90 Å². The molecule has 8 nitrogen and oxygen atoms in total. The third kappa shape index (κ3) is 8.04. The highest BCUT2D eigenvalue weighted by atomic mass is 32.1. The first-order valence-corrected chi connectivity index (χ1v) is 14.1. The molecule has 1 aliphatic heterocycles. The zero-order chi connectivity index (χ0) is 31.5. The van der Waals surface area contributed by atoms with E-state index in [9.17, 15) is 27.6 Å². The molecule has 0 saturated carbocycles. The summed E-state index contributed by atoms with van der Waals surface area (Å²) in [4.78, 5) is 38.6. The second kappa shape index (κ2) is 12.6. The van der Waals surface area contributed by atoms with E-state index in [4.69, 9.17) is 14.6 Å². The van der Waals surface area contributed by atoms with Crippen LogP contribution in [0.3, 0.4) is 0 Å². The highest BCUT2D eigenvalue weighted by molar-refractivity contribution is 7.12. The minimum absolute atomic E-state index is 0.0176. The summed E-state index contributed by atoms with van der Waals surface area (Å²) in [5.41, 5.74) is 0.385. The van der Waals surface area contributed by atoms with Crippen molar-refractivity contribution in [1.29, 1.82) is 0 Å². The van der Waals surface area contributed by atoms with Gasteiger partial charge in [0.2, 0.25) is 5.91 Å². The maximum absolute atomic E-state index is 15.1. The predicted molar refractivity (Wildman–Crippen MR) is 152 cm³/mol. The number of nitrogens with zero attached hydrogens (tertiary/aromatic N) is 2. The van der Waals surface area contributed by atoms with E-state index in [1.807, 2.05) is 0 Å². The molecule has 0 saturated heterocycles. The molecule has 2 aromatic carbocycles. The van der Waals surface area contributed by atoms with Crippen LogP contribution in [-0.4, -0.2) is 53.2 Å². The van der Waals surface area contributed by atoms with Crippen LogP contribution < -0.4 is 9.64 Å². The molecule has 43 heavy (non-hydrogen) atoms. The molecule has 1 aromatic heterocycles. The van der Waals surface area contributed by atoms with Gasteiger partial charge >= 0.3 is 18.2 Å². The number of benzene rings is 2. The van der Waals surface area contributed by atoms with Gasteiger partial charge in [-0.3, -0.25) is 14.5 Å². The lowest BCUT2D eigenvalue weighted by molar-refractivity contribution is -0.137. The predicted octanol–water partition coefficient (Wildman–Crippen LogP) is 6.75. The lowest BCUT2D eigenvalue weighted by Gasteiger charge is -2.28. The van der Waals surface area contributed by atoms with Crippen molar-refractivity contribution in [3.63, 3.8) is 0 Å². The number of carboxylic acid groups (broad SMARTS) is 1. The summed E-state index contributed by atoms with van der Waals surface area (Å²) >= 11 is 0.528. The van der Waals surface area contributed by atoms with Gasteiger partial charge in [0.05, 0.1) is 12.1 Å². The van der Waals surface area contributed by atoms with Gasteiger partial charge in [-0.25, -0.2) is 9.18 Å². The number of ether oxygens (including phenoxy) is 2. The molecule has 2 amide bonds. The zero-order valence-electron chi connectivity index (χ0n) is 23.7. The van der Waals surface area contributed by atoms with Crippen LogP contribution >= 0.6 is 11.3 Å². The van der Waals surface area contributed by atoms with E-state index in [2.05, 4.69) is 0 Å². The molecule has 0 unspecified atom stereocenters. The molecule has 0 atom stereocenters. The van der Waals surface area contributed by atoms with Crippen LogP contribution in [0.15, 0.2) is 48.5 Å². The average Bonchev–Trinajstić information content (AvgIpc) is 3.53. The van der Waals surface area contributed by atoms with Crippen molar-refractivity contribution in [3.05, 3.63) is 69.7 Å². The van der Waals surface area contributed by atoms with Crippen molar-refractivity contribution < 1.29 is 46.5 Å². The SMILES string of the molecule is CC(C)(C)OC(=O)N(CCC(=O)O)CC(=O)N1CCc2cc(OCc3cc(-c4ccccc4)c(C(F)(F)F)s3)c(F)cc21. The van der Waals surface area contributed by atoms with Gasteiger partial charge in [-0.05, 0) is 50.5 Å². The molecule has 230 valence electrons. The number of rotatable bonds is 9. The second-order valence-electron chi connectivity index (χ2n) is 10.9. The summed E-state index contributed by atoms with van der Waals surface area (Å²) < 4.78 is 67.2. The van der Waals surface area contributed by atoms with E-state index >= 15 is 4.39 Å². The first kappa shape index (κ1) is 31.8. The van der Waals surface area contributed by atoms with Crippen LogP contribution in [0.1, 0.15) is 42.5 Å². The Morgan fingerprint density at radius 1 is 1.07 bits per heavy atom. The molecule has 2 heterocycles. The first-order chi connectivity index (χ1) is 20.1. The van der Waals surface area contributed by atoms with Crippen LogP contribution in [0.2, 0.25) is 0 Å². The highest BCUT2D eigenvalue weighted by Crippen LogP contribution is 2.43. The molecule has 0 aliphatic carbocycles. The van der Waals surface area contributed by atoms with E-state index < -0.39 is 53.4 Å². The van der Waals surface area contributed by atoms with Gasteiger partial charge in [-0.1, -0.05) is 30.3 Å². The van der Waals surface area contributed by atoms with Crippen LogP contribution in [0.25, 0.3) is 11.1 Å². The van der Waals surface area contributed by atoms with Gasteiger partial charge in [-0.2, -0.15) is 13.2 Å². The van der Waals surface area contributed by atoms with E-state index in [1.165, 1.54) is 17.0 Å². The van der Waals surface area contributed by atoms with Crippen molar-refractivity contribution in [3.8, 4) is 16.9 Å². The number of thiophene rings is 1. The van der Waals surface area contributed by atoms with Gasteiger partial charge in [0, 0.05) is 29.6 Å². The fourth-order valence-corrected chi connectivity index (χ4v) is 5.46. The quantitative estimate of drug-likeness (QED) is 0.265. The Kier molecular flexibility index (Phi) is 9.33. The Labute approximate surface area is 249 Å². The maximum atomic E-state index is 15.1. The number of anilines is 1. The highest BCUT2D eigenvalue weighted by Gasteiger charge is 2.36. The van der Waals surface area contributed by atoms with E-state index in [-0.39, 0.29) is 41.6 Å². The fourth-order valence-electron chi connectivity index (χ4n) is 4.50. The number of carbonyl (C=O) groups is 3. The maximum Gasteiger partial charge on any atom is 0.426 e. The number of alkyl halides is 3. The molecule has 0 fully saturated rings. The molecular formula is C30H30F4N2O6S. The van der Waals surface area contributed by atoms with Gasteiger partial charge in [0.15, 0.2) is 11.6 Å². The molecule has 13 heteroatoms. The third-order valence-electron chi connectivity index (χ3n) is 6.40. The number of carbonyl (C=O) groups excluding carboxylic acids is 2. The van der Waals surface area contributed by atoms with Crippen molar-refractivity contribution in [2.24, 2.45) is 0 Å². The number of hydrogen-bond donors (Lipinski definition) is 1. The normalized spacial score (nSPS) is 13.0. The second-order valence-corrected chi connectivity index (χ2v) is 12.0. The van der Waals surface area contributed by atoms with E-state index in [0.717, 1.165) is 11.0 Å². The Hall–Kier alpha value is -4.13. The van der Waals surface area contributed by atoms with Gasteiger partial charge in [-0.15, -0.1) is 11.3 Å². The number of amides is 2. The Morgan fingerprint density at radius 3 is 2.40 bits per heavy atom. The number of halogens is 4. The van der Waals surface area contributed by atoms with Crippen LogP contribution in [0.5, 0.6) is 5.75 Å². The molecule has 1 aliphatic rings. The lowest BCUT2D eigenvalue weighted by atomic mass is 10.1. The number of carboxylic acids is 1. The number of hydrogen-bond acceptors (Lipinski definition) is 6. The molecule has 4 rings (SSSR count). The van der Waals surface area contributed by atoms with Gasteiger partial charge in [0.1, 0.15) is 23.6 Å². The van der Waals surface area contributed by atoms with Gasteiger partial charge < -0.3 is 19.5 Å². The number of fused-ring (bicyclic) bond motifs is 1. The molecule has 0 radical (unpaired) electrons. The summed E-state index contributed by atoms with van der Waals surface area (Å²) in [7, 11) is 0. The van der Waals surface area contributed by atoms with Gasteiger partial charge in [0.25, 0.3) is 0 Å². The van der Waals surface area contributed by atoms with Crippen LogP contribution in [0, 0.1) is 5.82 Å². The number of aliphatic carboxylic acids is 1. The molecule has 3 aromatic rings. The summed E-state index contributed by atoms with van der Waals surface area (Å²) in [5, 5.41) is 9.05. The van der Waals surface area contributed by atoms with Crippen LogP contribution in [-0.2, 0) is 33.5 Å². The largest absolute Gasteiger partial charge is 0.485 e. The Morgan fingerprint density at radius 2 is 1.77 bits per heavy atom. The Bertz CT molecular complexity index is 1500. The van der Waals surface area contributed by atoms with E-state index in [1.54, 1.807) is 51.1 Å². The zero-order valence-corrected chi connectivity index (χ0v) is 24.5. The third-order valence-corrected chi connectivity index (χ3v) is 7.55. The minimum atomic E-state index is -4.57. The monoisotopic (exact) mass is 622 g/mol. The summed E-state index contributed by atoms with van der Waals surface area (Å²) in [5.74, 6) is -2.71. The van der Waals surface area contributed by atoms with Crippen LogP contribution in [0.4, 0.5) is 28.0 Å².